The fraction of sp³-hybridized carbons (Fsp3) is 0.875. The van der Waals surface area contributed by atoms with Gasteiger partial charge in [0.05, 0.1) is 6.54 Å². The molecule has 0 aromatic carbocycles. The zero-order chi connectivity index (χ0) is 8.69. The molecule has 0 heterocycles. The molecule has 0 radical (unpaired) electrons. The number of nitrogens with two attached hydrogens (primary N) is 1. The minimum atomic E-state index is 0. The molecule has 0 aromatic heterocycles. The second kappa shape index (κ2) is 8.81. The number of hydrogen-bond acceptors (Lipinski definition) is 2. The van der Waals surface area contributed by atoms with Gasteiger partial charge in [0.1, 0.15) is 0 Å². The quantitative estimate of drug-likeness (QED) is 0.711. The van der Waals surface area contributed by atoms with Gasteiger partial charge in [-0.3, -0.25) is 4.79 Å². The first-order valence-electron chi connectivity index (χ1n) is 4.24. The Balaban J connectivity index is 0. The Bertz CT molecular complexity index is 114. The van der Waals surface area contributed by atoms with Gasteiger partial charge in [0.25, 0.3) is 0 Å². The van der Waals surface area contributed by atoms with E-state index in [-0.39, 0.29) is 24.9 Å². The Labute approximate surface area is 80.7 Å². The summed E-state index contributed by atoms with van der Waals surface area (Å²) in [4.78, 5) is 12.9. The summed E-state index contributed by atoms with van der Waals surface area (Å²) >= 11 is 0. The third kappa shape index (κ3) is 5.38. The summed E-state index contributed by atoms with van der Waals surface area (Å²) in [5, 5.41) is 0. The molecule has 0 bridgehead atoms. The first-order chi connectivity index (χ1) is 5.26. The van der Waals surface area contributed by atoms with Crippen molar-refractivity contribution in [3.8, 4) is 0 Å². The molecule has 0 aliphatic carbocycles. The fourth-order valence-corrected chi connectivity index (χ4v) is 1.03. The van der Waals surface area contributed by atoms with E-state index in [1.54, 1.807) is 0 Å². The van der Waals surface area contributed by atoms with E-state index >= 15 is 0 Å². The molecule has 0 spiro atoms. The van der Waals surface area contributed by atoms with E-state index in [1.165, 1.54) is 0 Å². The van der Waals surface area contributed by atoms with Gasteiger partial charge in [0.15, 0.2) is 0 Å². The third-order valence-electron chi connectivity index (χ3n) is 1.51. The molecule has 0 aromatic rings. The zero-order valence-electron chi connectivity index (χ0n) is 7.88. The normalized spacial score (nSPS) is 8.92. The van der Waals surface area contributed by atoms with Crippen LogP contribution in [-0.2, 0) is 4.79 Å². The van der Waals surface area contributed by atoms with E-state index in [1.807, 2.05) is 4.90 Å². The van der Waals surface area contributed by atoms with Crippen molar-refractivity contribution in [3.63, 3.8) is 0 Å². The van der Waals surface area contributed by atoms with Gasteiger partial charge in [0.2, 0.25) is 5.91 Å². The first-order valence-corrected chi connectivity index (χ1v) is 4.24. The van der Waals surface area contributed by atoms with Crippen LogP contribution in [0.3, 0.4) is 0 Å². The van der Waals surface area contributed by atoms with Crippen molar-refractivity contribution in [3.05, 3.63) is 0 Å². The third-order valence-corrected chi connectivity index (χ3v) is 1.51. The lowest BCUT2D eigenvalue weighted by Crippen LogP contribution is -2.37. The lowest BCUT2D eigenvalue weighted by atomic mass is 10.3. The van der Waals surface area contributed by atoms with Crippen LogP contribution in [0.2, 0.25) is 0 Å². The topological polar surface area (TPSA) is 46.3 Å². The van der Waals surface area contributed by atoms with E-state index in [9.17, 15) is 4.79 Å². The van der Waals surface area contributed by atoms with Gasteiger partial charge in [-0.2, -0.15) is 0 Å². The van der Waals surface area contributed by atoms with Crippen LogP contribution in [0, 0.1) is 0 Å². The van der Waals surface area contributed by atoms with Crippen LogP contribution in [-0.4, -0.2) is 30.4 Å². The second-order valence-electron chi connectivity index (χ2n) is 2.58. The molecular formula is C8H19ClN2O. The minimum absolute atomic E-state index is 0. The lowest BCUT2D eigenvalue weighted by Gasteiger charge is -2.20. The summed E-state index contributed by atoms with van der Waals surface area (Å²) in [5.41, 5.74) is 5.24. The molecule has 3 nitrogen and oxygen atoms in total. The average molecular weight is 195 g/mol. The second-order valence-corrected chi connectivity index (χ2v) is 2.58. The van der Waals surface area contributed by atoms with E-state index in [4.69, 9.17) is 5.73 Å². The highest BCUT2D eigenvalue weighted by molar-refractivity contribution is 5.85. The Morgan fingerprint density at radius 2 is 1.67 bits per heavy atom. The van der Waals surface area contributed by atoms with Gasteiger partial charge in [-0.1, -0.05) is 13.8 Å². The maximum atomic E-state index is 11.1. The van der Waals surface area contributed by atoms with Crippen LogP contribution in [0.5, 0.6) is 0 Å². The smallest absolute Gasteiger partial charge is 0.236 e. The molecule has 0 unspecified atom stereocenters. The molecule has 4 heteroatoms. The van der Waals surface area contributed by atoms with Crippen molar-refractivity contribution in [2.75, 3.05) is 19.6 Å². The molecule has 0 aliphatic heterocycles. The maximum Gasteiger partial charge on any atom is 0.236 e. The van der Waals surface area contributed by atoms with Gasteiger partial charge < -0.3 is 10.6 Å². The molecule has 1 amide bonds. The monoisotopic (exact) mass is 194 g/mol. The van der Waals surface area contributed by atoms with Crippen molar-refractivity contribution < 1.29 is 4.79 Å². The Hall–Kier alpha value is -0.280. The van der Waals surface area contributed by atoms with Gasteiger partial charge in [-0.15, -0.1) is 12.4 Å². The van der Waals surface area contributed by atoms with Crippen LogP contribution in [0.1, 0.15) is 26.7 Å². The molecule has 0 atom stereocenters. The molecule has 2 N–H and O–H groups in total. The van der Waals surface area contributed by atoms with Crippen molar-refractivity contribution in [2.24, 2.45) is 5.73 Å². The van der Waals surface area contributed by atoms with Crippen molar-refractivity contribution in [1.82, 2.24) is 4.90 Å². The van der Waals surface area contributed by atoms with Gasteiger partial charge in [-0.25, -0.2) is 0 Å². The highest BCUT2D eigenvalue weighted by Gasteiger charge is 2.07. The summed E-state index contributed by atoms with van der Waals surface area (Å²) in [6, 6.07) is 0. The number of amides is 1. The Morgan fingerprint density at radius 1 is 1.25 bits per heavy atom. The molecule has 0 aliphatic rings. The number of nitrogens with zero attached hydrogens (tertiary/aromatic N) is 1. The average Bonchev–Trinajstić information content (AvgIpc) is 2.03. The van der Waals surface area contributed by atoms with Crippen molar-refractivity contribution >= 4 is 18.3 Å². The zero-order valence-corrected chi connectivity index (χ0v) is 8.69. The van der Waals surface area contributed by atoms with Gasteiger partial charge in [-0.05, 0) is 12.8 Å². The van der Waals surface area contributed by atoms with Gasteiger partial charge in [0, 0.05) is 13.1 Å². The van der Waals surface area contributed by atoms with Crippen LogP contribution in [0.4, 0.5) is 0 Å². The van der Waals surface area contributed by atoms with E-state index in [0.29, 0.717) is 0 Å². The summed E-state index contributed by atoms with van der Waals surface area (Å²) in [6.45, 7) is 5.94. The fourth-order valence-electron chi connectivity index (χ4n) is 1.03. The van der Waals surface area contributed by atoms with Crippen molar-refractivity contribution in [1.29, 1.82) is 0 Å². The number of carbonyl (C=O) groups excluding carboxylic acids is 1. The van der Waals surface area contributed by atoms with Crippen LogP contribution >= 0.6 is 12.4 Å². The maximum absolute atomic E-state index is 11.1. The standard InChI is InChI=1S/C8H18N2O.ClH/c1-3-5-10(6-4-2)8(11)7-9;/h3-7,9H2,1-2H3;1H. The predicted molar refractivity (Wildman–Crippen MR) is 53.5 cm³/mol. The highest BCUT2D eigenvalue weighted by atomic mass is 35.5. The largest absolute Gasteiger partial charge is 0.342 e. The van der Waals surface area contributed by atoms with Crippen LogP contribution in [0.25, 0.3) is 0 Å². The van der Waals surface area contributed by atoms with Crippen molar-refractivity contribution in [2.45, 2.75) is 26.7 Å². The summed E-state index contributed by atoms with van der Waals surface area (Å²) in [6.07, 6.45) is 2.01. The minimum Gasteiger partial charge on any atom is -0.342 e. The van der Waals surface area contributed by atoms with Crippen LogP contribution in [0.15, 0.2) is 0 Å². The lowest BCUT2D eigenvalue weighted by molar-refractivity contribution is -0.129. The molecule has 0 saturated heterocycles. The highest BCUT2D eigenvalue weighted by Crippen LogP contribution is 1.93. The molecule has 12 heavy (non-hydrogen) atoms. The summed E-state index contributed by atoms with van der Waals surface area (Å²) in [5.74, 6) is 0.0636. The number of hydrogen-bond donors (Lipinski definition) is 1. The Morgan fingerprint density at radius 3 is 1.92 bits per heavy atom. The molecule has 0 saturated carbocycles. The molecule has 0 rings (SSSR count). The summed E-state index contributed by atoms with van der Waals surface area (Å²) in [7, 11) is 0. The Kier molecular flexibility index (Phi) is 10.5. The summed E-state index contributed by atoms with van der Waals surface area (Å²) < 4.78 is 0. The molecule has 74 valence electrons. The number of rotatable bonds is 5. The predicted octanol–water partition coefficient (Wildman–Crippen LogP) is 1.02. The SMILES string of the molecule is CCCN(CCC)C(=O)CN.Cl. The number of carbonyl (C=O) groups is 1. The van der Waals surface area contributed by atoms with Gasteiger partial charge >= 0.3 is 0 Å². The van der Waals surface area contributed by atoms with E-state index < -0.39 is 0 Å². The first kappa shape index (κ1) is 14.3. The van der Waals surface area contributed by atoms with E-state index in [2.05, 4.69) is 13.8 Å². The van der Waals surface area contributed by atoms with E-state index in [0.717, 1.165) is 25.9 Å². The molecular weight excluding hydrogens is 176 g/mol. The number of halogens is 1. The molecule has 0 fully saturated rings. The van der Waals surface area contributed by atoms with Crippen LogP contribution < -0.4 is 5.73 Å².